The highest BCUT2D eigenvalue weighted by molar-refractivity contribution is 5.36. The summed E-state index contributed by atoms with van der Waals surface area (Å²) in [5.74, 6) is 1.40. The molecule has 2 N–H and O–H groups in total. The van der Waals surface area contributed by atoms with Crippen molar-refractivity contribution >= 4 is 0 Å². The van der Waals surface area contributed by atoms with Crippen LogP contribution in [0.3, 0.4) is 0 Å². The molecule has 2 rings (SSSR count). The molecule has 0 bridgehead atoms. The Morgan fingerprint density at radius 3 is 3.07 bits per heavy atom. The van der Waals surface area contributed by atoms with Gasteiger partial charge in [-0.3, -0.25) is 4.57 Å². The molecule has 0 atom stereocenters. The molecule has 0 saturated heterocycles. The van der Waals surface area contributed by atoms with Gasteiger partial charge in [-0.2, -0.15) is 6.07 Å². The zero-order valence-electron chi connectivity index (χ0n) is 7.69. The van der Waals surface area contributed by atoms with Gasteiger partial charge in [-0.1, -0.05) is 0 Å². The summed E-state index contributed by atoms with van der Waals surface area (Å²) in [6.07, 6.45) is 5.15. The monoisotopic (exact) mass is 190 g/mol. The van der Waals surface area contributed by atoms with Crippen LogP contribution >= 0.6 is 0 Å². The van der Waals surface area contributed by atoms with E-state index in [-0.39, 0.29) is 5.75 Å². The largest absolute Gasteiger partial charge is 0.531 e. The molecule has 2 aromatic rings. The van der Waals surface area contributed by atoms with Crippen LogP contribution in [0.25, 0.3) is 5.82 Å². The van der Waals surface area contributed by atoms with Crippen molar-refractivity contribution in [2.24, 2.45) is 0 Å². The first-order chi connectivity index (χ1) is 6.81. The minimum Gasteiger partial charge on any atom is -0.531 e. The third kappa shape index (κ3) is 1.42. The zero-order chi connectivity index (χ0) is 9.97. The van der Waals surface area contributed by atoms with Crippen molar-refractivity contribution < 1.29 is 14.8 Å². The lowest BCUT2D eigenvalue weighted by Gasteiger charge is -2.01. The number of nitrogens with one attached hydrogen (secondary N) is 1. The van der Waals surface area contributed by atoms with E-state index < -0.39 is 0 Å². The van der Waals surface area contributed by atoms with E-state index in [9.17, 15) is 5.11 Å². The van der Waals surface area contributed by atoms with Crippen LogP contribution < -0.4 is 9.72 Å². The van der Waals surface area contributed by atoms with Crippen LogP contribution in [0.15, 0.2) is 30.7 Å². The number of H-pyrrole nitrogens is 1. The molecule has 0 spiro atoms. The molecule has 0 aromatic carbocycles. The number of ether oxygens (including phenoxy) is 1. The summed E-state index contributed by atoms with van der Waals surface area (Å²) in [6.45, 7) is 0. The molecule has 72 valence electrons. The number of nitrogens with zero attached hydrogens (tertiary/aromatic N) is 1. The van der Waals surface area contributed by atoms with E-state index in [4.69, 9.17) is 4.74 Å². The van der Waals surface area contributed by atoms with Gasteiger partial charge in [-0.05, 0) is 30.3 Å². The molecule has 0 aliphatic carbocycles. The maximum Gasteiger partial charge on any atom is 0.308 e. The third-order valence-corrected chi connectivity index (χ3v) is 1.89. The molecule has 4 heteroatoms. The Bertz CT molecular complexity index is 437. The van der Waals surface area contributed by atoms with Gasteiger partial charge in [0.05, 0.1) is 13.3 Å². The molecule has 0 saturated carbocycles. The second kappa shape index (κ2) is 3.41. The van der Waals surface area contributed by atoms with Crippen molar-refractivity contribution in [1.82, 2.24) is 4.57 Å². The first-order valence-corrected chi connectivity index (χ1v) is 4.15. The average Bonchev–Trinajstić information content (AvgIpc) is 2.67. The lowest BCUT2D eigenvalue weighted by molar-refractivity contribution is -0.374. The Labute approximate surface area is 81.4 Å². The van der Waals surface area contributed by atoms with Crippen LogP contribution in [-0.2, 0) is 0 Å². The Morgan fingerprint density at radius 1 is 1.57 bits per heavy atom. The van der Waals surface area contributed by atoms with Crippen molar-refractivity contribution in [3.8, 4) is 17.3 Å². The highest BCUT2D eigenvalue weighted by atomic mass is 16.5. The van der Waals surface area contributed by atoms with Crippen molar-refractivity contribution in [3.63, 3.8) is 0 Å². The predicted molar refractivity (Wildman–Crippen MR) is 49.4 cm³/mol. The first-order valence-electron chi connectivity index (χ1n) is 4.15. The quantitative estimate of drug-likeness (QED) is 0.712. The molecule has 0 aliphatic rings. The van der Waals surface area contributed by atoms with E-state index in [1.807, 2.05) is 0 Å². The summed E-state index contributed by atoms with van der Waals surface area (Å²) in [6, 6.07) is 6.23. The first kappa shape index (κ1) is 8.62. The lowest BCUT2D eigenvalue weighted by atomic mass is 10.4. The normalized spacial score (nSPS) is 10.1. The van der Waals surface area contributed by atoms with Crippen LogP contribution in [0.2, 0.25) is 0 Å². The summed E-state index contributed by atoms with van der Waals surface area (Å²) in [4.78, 5) is 2.93. The smallest absolute Gasteiger partial charge is 0.308 e. The number of methoxy groups -OCH3 is 1. The molecular formula is C10H10N2O2. The fraction of sp³-hybridized carbons (Fsp3) is 0.100. The van der Waals surface area contributed by atoms with Gasteiger partial charge in [0.1, 0.15) is 0 Å². The SMILES string of the molecule is COc1[c-]cn(-c2[nH+]cccc2O)c1. The molecule has 14 heavy (non-hydrogen) atoms. The molecule has 4 nitrogen and oxygen atoms in total. The zero-order valence-corrected chi connectivity index (χ0v) is 7.69. The van der Waals surface area contributed by atoms with Crippen molar-refractivity contribution in [2.45, 2.75) is 0 Å². The molecule has 0 amide bonds. The topological polar surface area (TPSA) is 48.5 Å². The summed E-state index contributed by atoms with van der Waals surface area (Å²) in [7, 11) is 1.57. The number of pyridine rings is 1. The predicted octanol–water partition coefficient (Wildman–Crippen LogP) is 0.806. The van der Waals surface area contributed by atoms with Crippen LogP contribution in [0.1, 0.15) is 0 Å². The van der Waals surface area contributed by atoms with Crippen LogP contribution in [0.5, 0.6) is 11.5 Å². The van der Waals surface area contributed by atoms with Crippen LogP contribution in [0, 0.1) is 6.07 Å². The lowest BCUT2D eigenvalue weighted by Crippen LogP contribution is -2.10. The fourth-order valence-electron chi connectivity index (χ4n) is 1.20. The summed E-state index contributed by atoms with van der Waals surface area (Å²) in [5, 5.41) is 9.54. The van der Waals surface area contributed by atoms with Gasteiger partial charge in [-0.25, -0.2) is 4.98 Å². The van der Waals surface area contributed by atoms with Crippen LogP contribution in [-0.4, -0.2) is 16.8 Å². The van der Waals surface area contributed by atoms with Gasteiger partial charge in [0.2, 0.25) is 5.75 Å². The maximum absolute atomic E-state index is 9.54. The number of rotatable bonds is 2. The van der Waals surface area contributed by atoms with Gasteiger partial charge in [-0.15, -0.1) is 0 Å². The van der Waals surface area contributed by atoms with Crippen molar-refractivity contribution in [2.75, 3.05) is 7.11 Å². The van der Waals surface area contributed by atoms with Crippen LogP contribution in [0.4, 0.5) is 0 Å². The van der Waals surface area contributed by atoms with E-state index in [1.54, 1.807) is 42.4 Å². The van der Waals surface area contributed by atoms with Gasteiger partial charge in [0, 0.05) is 0 Å². The van der Waals surface area contributed by atoms with Crippen molar-refractivity contribution in [1.29, 1.82) is 0 Å². The maximum atomic E-state index is 9.54. The molecular weight excluding hydrogens is 180 g/mol. The average molecular weight is 190 g/mol. The van der Waals surface area contributed by atoms with Crippen molar-refractivity contribution in [3.05, 3.63) is 36.8 Å². The Kier molecular flexibility index (Phi) is 2.10. The Hall–Kier alpha value is -1.97. The number of aromatic nitrogens is 2. The molecule has 0 aliphatic heterocycles. The summed E-state index contributed by atoms with van der Waals surface area (Å²) >= 11 is 0. The highest BCUT2D eigenvalue weighted by Crippen LogP contribution is 2.18. The minimum absolute atomic E-state index is 0.180. The Balaban J connectivity index is 2.44. The molecule has 2 heterocycles. The van der Waals surface area contributed by atoms with E-state index in [0.717, 1.165) is 0 Å². The highest BCUT2D eigenvalue weighted by Gasteiger charge is 2.06. The Morgan fingerprint density at radius 2 is 2.43 bits per heavy atom. The number of aromatic hydroxyl groups is 1. The molecule has 0 fully saturated rings. The standard InChI is InChI=1S/C10H9N2O2/c1-14-8-4-6-12(7-8)10-9(13)3-2-5-11-10/h2-3,5-7,13H,1H3/q-1/p+1. The second-order valence-electron chi connectivity index (χ2n) is 2.78. The molecule has 2 aromatic heterocycles. The van der Waals surface area contributed by atoms with Gasteiger partial charge in [0.25, 0.3) is 0 Å². The summed E-state index contributed by atoms with van der Waals surface area (Å²) in [5.41, 5.74) is 0. The van der Waals surface area contributed by atoms with E-state index in [1.165, 1.54) is 0 Å². The summed E-state index contributed by atoms with van der Waals surface area (Å²) < 4.78 is 6.69. The second-order valence-corrected chi connectivity index (χ2v) is 2.78. The molecule has 0 radical (unpaired) electrons. The fourth-order valence-corrected chi connectivity index (χ4v) is 1.20. The number of hydrogen-bond acceptors (Lipinski definition) is 2. The van der Waals surface area contributed by atoms with Gasteiger partial charge >= 0.3 is 5.82 Å². The number of aromatic amines is 1. The minimum atomic E-state index is 0.180. The van der Waals surface area contributed by atoms with E-state index >= 15 is 0 Å². The molecule has 0 unspecified atom stereocenters. The van der Waals surface area contributed by atoms with Gasteiger partial charge in [0.15, 0.2) is 0 Å². The third-order valence-electron chi connectivity index (χ3n) is 1.89. The van der Waals surface area contributed by atoms with Gasteiger partial charge < -0.3 is 9.84 Å². The number of hydrogen-bond donors (Lipinski definition) is 1. The van der Waals surface area contributed by atoms with E-state index in [0.29, 0.717) is 11.6 Å². The van der Waals surface area contributed by atoms with E-state index in [2.05, 4.69) is 11.1 Å².